The van der Waals surface area contributed by atoms with Crippen LogP contribution in [0.25, 0.3) is 0 Å². The molecule has 0 amide bonds. The van der Waals surface area contributed by atoms with Crippen molar-refractivity contribution in [3.05, 3.63) is 96.9 Å². The highest BCUT2D eigenvalue weighted by Gasteiger charge is 2.24. The summed E-state index contributed by atoms with van der Waals surface area (Å²) < 4.78 is 23.2. The molecule has 0 N–H and O–H groups in total. The SMILES string of the molecule is COC(=O)c1c(C)ccc(Br)c1CSc1ccccc1.Cc1ccc(Br)c2c1C(=O)OC2.[3H]C.[3H]C. The second-order valence-electron chi connectivity index (χ2n) is 7.11. The van der Waals surface area contributed by atoms with Crippen molar-refractivity contribution in [2.45, 2.75) is 45.9 Å². The molecule has 4 nitrogen and oxygen atoms in total. The van der Waals surface area contributed by atoms with Gasteiger partial charge in [-0.15, -0.1) is 11.8 Å². The van der Waals surface area contributed by atoms with Gasteiger partial charge in [-0.25, -0.2) is 9.59 Å². The summed E-state index contributed by atoms with van der Waals surface area (Å²) in [5.74, 6) is 0.229. The lowest BCUT2D eigenvalue weighted by molar-refractivity contribution is 0.0533. The maximum Gasteiger partial charge on any atom is 0.339 e. The number of aryl methyl sites for hydroxylation is 2. The smallest absolute Gasteiger partial charge is 0.339 e. The van der Waals surface area contributed by atoms with Crippen LogP contribution in [-0.2, 0) is 21.8 Å². The molecule has 0 fully saturated rings. The number of thioether (sulfide) groups is 1. The molecule has 0 bridgehead atoms. The van der Waals surface area contributed by atoms with E-state index in [0.29, 0.717) is 12.2 Å². The highest BCUT2D eigenvalue weighted by atomic mass is 79.9. The van der Waals surface area contributed by atoms with Gasteiger partial charge >= 0.3 is 11.9 Å². The summed E-state index contributed by atoms with van der Waals surface area (Å²) in [5.41, 5.74) is 5.25. The van der Waals surface area contributed by atoms with Crippen LogP contribution in [0.5, 0.6) is 0 Å². The molecule has 1 aliphatic heterocycles. The van der Waals surface area contributed by atoms with E-state index in [0.717, 1.165) is 42.5 Å². The second-order valence-corrected chi connectivity index (χ2v) is 9.86. The largest absolute Gasteiger partial charge is 0.465 e. The van der Waals surface area contributed by atoms with Crippen LogP contribution < -0.4 is 0 Å². The molecule has 0 aromatic heterocycles. The number of hydrogen-bond donors (Lipinski definition) is 0. The first-order valence-corrected chi connectivity index (χ1v) is 12.4. The molecule has 0 atom stereocenters. The van der Waals surface area contributed by atoms with Gasteiger partial charge in [0.25, 0.3) is 0 Å². The quantitative estimate of drug-likeness (QED) is 0.218. The lowest BCUT2D eigenvalue weighted by atomic mass is 10.0. The van der Waals surface area contributed by atoms with Crippen molar-refractivity contribution >= 4 is 55.6 Å². The first-order chi connectivity index (χ1) is 17.3. The summed E-state index contributed by atoms with van der Waals surface area (Å²) in [6, 6.07) is 17.9. The Balaban J connectivity index is 0.000000344. The van der Waals surface area contributed by atoms with E-state index in [1.54, 1.807) is 11.8 Å². The molecule has 7 heteroatoms. The lowest BCUT2D eigenvalue weighted by Crippen LogP contribution is -2.08. The third kappa shape index (κ3) is 6.96. The molecule has 0 spiro atoms. The summed E-state index contributed by atoms with van der Waals surface area (Å²) in [6.07, 6.45) is 0. The number of ether oxygens (including phenoxy) is 2. The molecule has 4 rings (SSSR count). The van der Waals surface area contributed by atoms with Gasteiger partial charge in [0, 0.05) is 27.9 Å². The molecular weight excluding hydrogens is 580 g/mol. The van der Waals surface area contributed by atoms with E-state index in [9.17, 15) is 9.59 Å². The lowest BCUT2D eigenvalue weighted by Gasteiger charge is -2.12. The van der Waals surface area contributed by atoms with Crippen LogP contribution in [0.3, 0.4) is 0 Å². The van der Waals surface area contributed by atoms with Crippen molar-refractivity contribution in [1.29, 1.82) is 0 Å². The Kier molecular flexibility index (Phi) is 10.7. The molecule has 0 saturated heterocycles. The number of benzene rings is 3. The van der Waals surface area contributed by atoms with Crippen LogP contribution >= 0.6 is 43.6 Å². The Morgan fingerprint density at radius 3 is 2.26 bits per heavy atom. The molecule has 0 aliphatic carbocycles. The Morgan fingerprint density at radius 1 is 1.03 bits per heavy atom. The fourth-order valence-corrected chi connectivity index (χ4v) is 5.38. The summed E-state index contributed by atoms with van der Waals surface area (Å²) >= 11 is 8.61. The van der Waals surface area contributed by atoms with Gasteiger partial charge in [0.2, 0.25) is 0 Å². The van der Waals surface area contributed by atoms with Crippen LogP contribution in [0, 0.1) is 13.8 Å². The monoisotopic (exact) mass is 612 g/mol. The van der Waals surface area contributed by atoms with Gasteiger partial charge in [-0.3, -0.25) is 0 Å². The van der Waals surface area contributed by atoms with E-state index in [-0.39, 0.29) is 11.9 Å². The van der Waals surface area contributed by atoms with E-state index in [2.05, 4.69) is 44.0 Å². The first-order valence-electron chi connectivity index (χ1n) is 11.8. The standard InChI is InChI=1S/C16H15BrO2S.C9H7BrO2.2CH4/c1-11-8-9-14(17)13(15(11)16(18)19-2)10-20-12-6-4-3-5-7-12;1-5-2-3-7(10)6-4-12-9(11)8(5)6;;/h3-9H,10H2,1-2H3;2-3H,4H2,1H3;2*1H4/i;;2*1T. The second kappa shape index (κ2) is 13.7. The maximum atomic E-state index is 12.0. The Morgan fingerprint density at radius 2 is 1.65 bits per heavy atom. The van der Waals surface area contributed by atoms with Crippen LogP contribution in [0.4, 0.5) is 0 Å². The summed E-state index contributed by atoms with van der Waals surface area (Å²) in [6.45, 7) is 4.24. The highest BCUT2D eigenvalue weighted by molar-refractivity contribution is 9.10. The van der Waals surface area contributed by atoms with Crippen molar-refractivity contribution in [3.63, 3.8) is 0 Å². The number of esters is 2. The van der Waals surface area contributed by atoms with E-state index in [1.807, 2.05) is 56.3 Å². The van der Waals surface area contributed by atoms with Gasteiger partial charge in [-0.1, -0.05) is 77.0 Å². The molecule has 3 aromatic carbocycles. The highest BCUT2D eigenvalue weighted by Crippen LogP contribution is 2.32. The number of hydrogen-bond acceptors (Lipinski definition) is 5. The summed E-state index contributed by atoms with van der Waals surface area (Å²) in [4.78, 5) is 24.3. The van der Waals surface area contributed by atoms with Crippen molar-refractivity contribution in [2.24, 2.45) is 0 Å². The summed E-state index contributed by atoms with van der Waals surface area (Å²) in [5, 5.41) is 0. The van der Waals surface area contributed by atoms with Gasteiger partial charge in [-0.2, -0.15) is 0 Å². The third-order valence-electron chi connectivity index (χ3n) is 5.00. The van der Waals surface area contributed by atoms with Gasteiger partial charge in [-0.05, 0) is 54.8 Å². The van der Waals surface area contributed by atoms with Crippen LogP contribution in [0.15, 0.2) is 68.4 Å². The number of halogens is 2. The average molecular weight is 614 g/mol. The molecule has 3 aromatic rings. The summed E-state index contributed by atoms with van der Waals surface area (Å²) in [7, 11) is 3.91. The number of methoxy groups -OCH3 is 1. The average Bonchev–Trinajstić information content (AvgIpc) is 3.32. The Hall–Kier alpha value is -2.09. The molecule has 1 heterocycles. The first kappa shape index (κ1) is 26.5. The van der Waals surface area contributed by atoms with Crippen LogP contribution in [0.2, 0.25) is 0 Å². The Bertz CT molecular complexity index is 1160. The predicted molar refractivity (Wildman–Crippen MR) is 148 cm³/mol. The molecule has 0 radical (unpaired) electrons. The third-order valence-corrected chi connectivity index (χ3v) is 7.52. The van der Waals surface area contributed by atoms with Gasteiger partial charge in [0.05, 0.1) is 18.2 Å². The molecule has 0 unspecified atom stereocenters. The number of cyclic esters (lactones) is 1. The molecule has 34 heavy (non-hydrogen) atoms. The fraction of sp³-hybridized carbons (Fsp3) is 0.259. The van der Waals surface area contributed by atoms with Crippen molar-refractivity contribution in [2.75, 3.05) is 7.11 Å². The van der Waals surface area contributed by atoms with Crippen molar-refractivity contribution in [1.82, 2.24) is 0 Å². The zero-order valence-electron chi connectivity index (χ0n) is 21.9. The number of carbonyl (C=O) groups excluding carboxylic acids is 2. The molecule has 0 saturated carbocycles. The normalized spacial score (nSPS) is 11.6. The minimum absolute atomic E-state index is 0.205. The zero-order valence-corrected chi connectivity index (χ0v) is 23.9. The van der Waals surface area contributed by atoms with Gasteiger partial charge in [0.1, 0.15) is 6.61 Å². The van der Waals surface area contributed by atoms with E-state index >= 15 is 0 Å². The van der Waals surface area contributed by atoms with E-state index < -0.39 is 0 Å². The number of rotatable bonds is 4. The fourth-order valence-electron chi connectivity index (χ4n) is 3.31. The van der Waals surface area contributed by atoms with Crippen molar-refractivity contribution < 1.29 is 21.8 Å². The number of fused-ring (bicyclic) bond motifs is 1. The van der Waals surface area contributed by atoms with Crippen molar-refractivity contribution in [3.8, 4) is 0 Å². The van der Waals surface area contributed by atoms with E-state index in [1.165, 1.54) is 26.8 Å². The Labute approximate surface area is 226 Å². The number of carbonyl (C=O) groups is 2. The van der Waals surface area contributed by atoms with Crippen LogP contribution in [-0.4, -0.2) is 19.0 Å². The zero-order chi connectivity index (χ0) is 27.3. The van der Waals surface area contributed by atoms with E-state index in [4.69, 9.17) is 12.2 Å². The molecular formula is C27H30Br2O4S. The minimum atomic E-state index is -0.285. The maximum absolute atomic E-state index is 12.0. The van der Waals surface area contributed by atoms with Gasteiger partial charge in [0.15, 0.2) is 0 Å². The molecule has 182 valence electrons. The van der Waals surface area contributed by atoms with Gasteiger partial charge < -0.3 is 9.47 Å². The molecule has 1 aliphatic rings. The topological polar surface area (TPSA) is 52.6 Å². The van der Waals surface area contributed by atoms with Crippen LogP contribution in [0.1, 0.15) is 60.5 Å². The predicted octanol–water partition coefficient (Wildman–Crippen LogP) is 8.54. The minimum Gasteiger partial charge on any atom is -0.465 e.